The first-order valence-electron chi connectivity index (χ1n) is 16.5. The molecule has 0 unspecified atom stereocenters. The van der Waals surface area contributed by atoms with Crippen molar-refractivity contribution in [3.8, 4) is 0 Å². The van der Waals surface area contributed by atoms with E-state index in [1.54, 1.807) is 0 Å². The Labute approximate surface area is 280 Å². The number of para-hydroxylation sites is 2. The molecule has 0 aliphatic carbocycles. The lowest BCUT2D eigenvalue weighted by Crippen LogP contribution is -2.35. The van der Waals surface area contributed by atoms with Crippen molar-refractivity contribution in [3.63, 3.8) is 0 Å². The highest BCUT2D eigenvalue weighted by molar-refractivity contribution is 5.66. The molecule has 7 heteroatoms. The average Bonchev–Trinajstić information content (AvgIpc) is 3.10. The molecule has 0 aliphatic rings. The van der Waals surface area contributed by atoms with Crippen LogP contribution in [0.1, 0.15) is 67.7 Å². The van der Waals surface area contributed by atoms with Crippen LogP contribution in [0.15, 0.2) is 133 Å². The third-order valence-corrected chi connectivity index (χ3v) is 8.65. The monoisotopic (exact) mass is 656 g/mol. The van der Waals surface area contributed by atoms with Crippen LogP contribution in [0.4, 0.5) is 44.7 Å². The summed E-state index contributed by atoms with van der Waals surface area (Å²) in [7, 11) is 0. The molecule has 2 nitrogen and oxygen atoms in total. The van der Waals surface area contributed by atoms with E-state index in [2.05, 4.69) is 23.6 Å². The summed E-state index contributed by atoms with van der Waals surface area (Å²) in [4.78, 5) is 4.38. The van der Waals surface area contributed by atoms with E-state index in [9.17, 15) is 13.2 Å². The minimum absolute atomic E-state index is 0.0860. The van der Waals surface area contributed by atoms with Crippen molar-refractivity contribution in [2.75, 3.05) is 22.9 Å². The van der Waals surface area contributed by atoms with E-state index >= 15 is 8.78 Å². The Bertz CT molecular complexity index is 1610. The number of nitrogens with zero attached hydrogens (tertiary/aromatic N) is 2. The number of alkyl halides is 5. The number of benzene rings is 5. The number of hydrogen-bond acceptors (Lipinski definition) is 2. The van der Waals surface area contributed by atoms with Gasteiger partial charge in [-0.05, 0) is 78.1 Å². The third kappa shape index (κ3) is 7.73. The molecule has 0 radical (unpaired) electrons. The lowest BCUT2D eigenvalue weighted by molar-refractivity contribution is -0.289. The molecule has 0 N–H and O–H groups in total. The number of hydrogen-bond donors (Lipinski definition) is 0. The Hall–Kier alpha value is -4.65. The zero-order valence-electron chi connectivity index (χ0n) is 27.3. The quantitative estimate of drug-likeness (QED) is 0.0867. The first-order chi connectivity index (χ1) is 23.2. The van der Waals surface area contributed by atoms with Gasteiger partial charge in [-0.1, -0.05) is 112 Å². The summed E-state index contributed by atoms with van der Waals surface area (Å²) in [6.45, 7) is 5.81. The summed E-state index contributed by atoms with van der Waals surface area (Å²) >= 11 is 0. The van der Waals surface area contributed by atoms with Gasteiger partial charge in [0.15, 0.2) is 0 Å². The van der Waals surface area contributed by atoms with Gasteiger partial charge >= 0.3 is 12.1 Å². The second-order valence-electron chi connectivity index (χ2n) is 12.0. The van der Waals surface area contributed by atoms with Gasteiger partial charge in [0.2, 0.25) is 0 Å². The van der Waals surface area contributed by atoms with Crippen molar-refractivity contribution in [1.29, 1.82) is 0 Å². The molecule has 0 spiro atoms. The summed E-state index contributed by atoms with van der Waals surface area (Å²) in [5.74, 6) is -5.91. The van der Waals surface area contributed by atoms with Gasteiger partial charge in [-0.3, -0.25) is 0 Å². The Kier molecular flexibility index (Phi) is 11.2. The van der Waals surface area contributed by atoms with Gasteiger partial charge in [-0.25, -0.2) is 0 Å². The maximum absolute atomic E-state index is 15.1. The molecule has 5 rings (SSSR count). The third-order valence-electron chi connectivity index (χ3n) is 8.65. The van der Waals surface area contributed by atoms with E-state index < -0.39 is 23.6 Å². The van der Waals surface area contributed by atoms with E-state index in [4.69, 9.17) is 0 Å². The van der Waals surface area contributed by atoms with Crippen molar-refractivity contribution < 1.29 is 22.0 Å². The molecule has 0 heterocycles. The fraction of sp³-hybridized carbons (Fsp3) is 0.268. The van der Waals surface area contributed by atoms with Crippen LogP contribution in [0, 0.1) is 0 Å². The number of halogens is 5. The van der Waals surface area contributed by atoms with Crippen molar-refractivity contribution in [1.82, 2.24) is 0 Å². The topological polar surface area (TPSA) is 6.48 Å². The van der Waals surface area contributed by atoms with Crippen LogP contribution < -0.4 is 9.80 Å². The Morgan fingerprint density at radius 2 is 0.854 bits per heavy atom. The Balaban J connectivity index is 1.61. The molecule has 5 aromatic rings. The van der Waals surface area contributed by atoms with Crippen LogP contribution in [-0.2, 0) is 5.92 Å². The minimum atomic E-state index is -5.74. The summed E-state index contributed by atoms with van der Waals surface area (Å²) in [6, 6.07) is 40.0. The lowest BCUT2D eigenvalue weighted by Gasteiger charge is -2.29. The molecule has 0 bridgehead atoms. The molecular weight excluding hydrogens is 615 g/mol. The van der Waals surface area contributed by atoms with E-state index in [0.717, 1.165) is 67.6 Å². The number of anilines is 4. The average molecular weight is 657 g/mol. The summed E-state index contributed by atoms with van der Waals surface area (Å²) in [5, 5.41) is 0. The molecule has 0 aliphatic heterocycles. The molecule has 5 aromatic carbocycles. The molecule has 0 atom stereocenters. The van der Waals surface area contributed by atoms with Gasteiger partial charge in [-0.15, -0.1) is 0 Å². The highest BCUT2D eigenvalue weighted by Gasteiger charge is 2.59. The van der Waals surface area contributed by atoms with Gasteiger partial charge in [0.1, 0.15) is 0 Å². The summed E-state index contributed by atoms with van der Waals surface area (Å²) < 4.78 is 71.7. The molecule has 250 valence electrons. The first kappa shape index (κ1) is 34.7. The summed E-state index contributed by atoms with van der Waals surface area (Å²) in [5.41, 5.74) is 3.97. The van der Waals surface area contributed by atoms with Gasteiger partial charge in [0.05, 0.1) is 0 Å². The Morgan fingerprint density at radius 3 is 1.25 bits per heavy atom. The van der Waals surface area contributed by atoms with Crippen molar-refractivity contribution >= 4 is 22.7 Å². The van der Waals surface area contributed by atoms with Crippen molar-refractivity contribution in [2.45, 2.75) is 57.5 Å². The molecule has 0 saturated heterocycles. The zero-order valence-corrected chi connectivity index (χ0v) is 27.3. The van der Waals surface area contributed by atoms with Gasteiger partial charge in [0, 0.05) is 47.3 Å². The predicted octanol–water partition coefficient (Wildman–Crippen LogP) is 12.4. The van der Waals surface area contributed by atoms with Gasteiger partial charge in [0.25, 0.3) is 0 Å². The summed E-state index contributed by atoms with van der Waals surface area (Å²) in [6.07, 6.45) is -1.81. The van der Waals surface area contributed by atoms with Crippen LogP contribution in [0.5, 0.6) is 0 Å². The van der Waals surface area contributed by atoms with Crippen LogP contribution in [-0.4, -0.2) is 19.3 Å². The first-order valence-corrected chi connectivity index (χ1v) is 16.5. The molecule has 0 fully saturated rings. The maximum Gasteiger partial charge on any atom is 0.458 e. The van der Waals surface area contributed by atoms with Crippen LogP contribution in [0.2, 0.25) is 0 Å². The lowest BCUT2D eigenvalue weighted by atomic mass is 9.81. The maximum atomic E-state index is 15.1. The van der Waals surface area contributed by atoms with Gasteiger partial charge < -0.3 is 9.80 Å². The Morgan fingerprint density at radius 1 is 0.479 bits per heavy atom. The second kappa shape index (κ2) is 15.5. The van der Waals surface area contributed by atoms with E-state index in [1.165, 1.54) is 18.2 Å². The van der Waals surface area contributed by atoms with Crippen molar-refractivity contribution in [3.05, 3.63) is 156 Å². The molecule has 0 saturated carbocycles. The highest BCUT2D eigenvalue weighted by atomic mass is 19.4. The van der Waals surface area contributed by atoms with Crippen molar-refractivity contribution in [2.24, 2.45) is 0 Å². The smallest absolute Gasteiger partial charge is 0.341 e. The van der Waals surface area contributed by atoms with Crippen LogP contribution in [0.3, 0.4) is 0 Å². The normalized spacial score (nSPS) is 11.9. The molecule has 0 aromatic heterocycles. The molecular formula is C41H41F5N2. The fourth-order valence-corrected chi connectivity index (χ4v) is 6.10. The second-order valence-corrected chi connectivity index (χ2v) is 12.0. The minimum Gasteiger partial charge on any atom is -0.341 e. The van der Waals surface area contributed by atoms with Crippen LogP contribution >= 0.6 is 0 Å². The molecule has 0 amide bonds. The van der Waals surface area contributed by atoms with E-state index in [0.29, 0.717) is 11.1 Å². The highest BCUT2D eigenvalue weighted by Crippen LogP contribution is 2.48. The zero-order chi connectivity index (χ0) is 34.1. The van der Waals surface area contributed by atoms with E-state index in [-0.39, 0.29) is 5.56 Å². The van der Waals surface area contributed by atoms with E-state index in [1.807, 2.05) is 109 Å². The number of unbranched alkanes of at least 4 members (excludes halogenated alkanes) is 2. The standard InChI is InChI=1S/C41H41F5N2/c1-3-5-29-47(33-15-9-7-10-16-33)35-25-21-31(22-26-35)39(37-19-13-14-20-38(37)40(42,43)41(44,45)46)32-23-27-36(28-24-32)48(30-6-4-2)34-17-11-8-12-18-34/h7-28,39H,3-6,29-30H2,1-2H3. The molecule has 48 heavy (non-hydrogen) atoms. The predicted molar refractivity (Wildman–Crippen MR) is 187 cm³/mol. The van der Waals surface area contributed by atoms with Gasteiger partial charge in [-0.2, -0.15) is 22.0 Å². The largest absolute Gasteiger partial charge is 0.458 e. The number of rotatable bonds is 14. The SMILES string of the molecule is CCCCN(c1ccccc1)c1ccc(C(c2ccc(N(CCCC)c3ccccc3)cc2)c2ccccc2C(F)(F)C(F)(F)F)cc1. The fourth-order valence-electron chi connectivity index (χ4n) is 6.10. The van der Waals surface area contributed by atoms with Crippen LogP contribution in [0.25, 0.3) is 0 Å².